The minimum absolute atomic E-state index is 0.119. The fourth-order valence-electron chi connectivity index (χ4n) is 2.45. The molecule has 1 fully saturated rings. The summed E-state index contributed by atoms with van der Waals surface area (Å²) >= 11 is 0. The fraction of sp³-hybridized carbons (Fsp3) is 0.667. The van der Waals surface area contributed by atoms with Crippen LogP contribution in [0.1, 0.15) is 42.9 Å². The van der Waals surface area contributed by atoms with Crippen LogP contribution in [0.4, 0.5) is 0 Å². The van der Waals surface area contributed by atoms with E-state index >= 15 is 0 Å². The zero-order valence-electron chi connectivity index (χ0n) is 13.7. The van der Waals surface area contributed by atoms with Gasteiger partial charge in [0.2, 0.25) is 0 Å². The van der Waals surface area contributed by atoms with Crippen LogP contribution < -0.4 is 5.32 Å². The van der Waals surface area contributed by atoms with Crippen molar-refractivity contribution in [3.63, 3.8) is 0 Å². The number of aliphatic hydroxyl groups is 1. The van der Waals surface area contributed by atoms with Crippen molar-refractivity contribution in [1.82, 2.24) is 15.4 Å². The average Bonchev–Trinajstić information content (AvgIpc) is 2.97. The molecule has 2 rings (SSSR count). The Morgan fingerprint density at radius 1 is 1.48 bits per heavy atom. The number of hydrogen-bond acceptors (Lipinski definition) is 7. The van der Waals surface area contributed by atoms with Crippen molar-refractivity contribution in [2.75, 3.05) is 20.2 Å². The van der Waals surface area contributed by atoms with E-state index in [0.29, 0.717) is 12.3 Å². The lowest BCUT2D eigenvalue weighted by Crippen LogP contribution is -2.50. The van der Waals surface area contributed by atoms with Gasteiger partial charge < -0.3 is 19.7 Å². The lowest BCUT2D eigenvalue weighted by molar-refractivity contribution is -0.146. The number of nitrogens with one attached hydrogen (secondary N) is 1. The van der Waals surface area contributed by atoms with Crippen LogP contribution in [0.5, 0.6) is 0 Å². The van der Waals surface area contributed by atoms with E-state index in [-0.39, 0.29) is 11.8 Å². The van der Waals surface area contributed by atoms with Crippen molar-refractivity contribution in [1.29, 1.82) is 0 Å². The van der Waals surface area contributed by atoms with Gasteiger partial charge in [-0.2, -0.15) is 0 Å². The predicted octanol–water partition coefficient (Wildman–Crippen LogP) is 0.313. The molecule has 1 saturated heterocycles. The van der Waals surface area contributed by atoms with Crippen molar-refractivity contribution in [3.05, 3.63) is 17.5 Å². The van der Waals surface area contributed by atoms with Crippen molar-refractivity contribution >= 4 is 11.9 Å². The molecule has 1 aliphatic rings. The Kier molecular flexibility index (Phi) is 5.38. The van der Waals surface area contributed by atoms with Crippen LogP contribution >= 0.6 is 0 Å². The molecule has 8 nitrogen and oxygen atoms in total. The molecule has 0 atom stereocenters. The molecule has 8 heteroatoms. The Hall–Kier alpha value is -1.93. The zero-order chi connectivity index (χ0) is 17.0. The number of rotatable bonds is 5. The normalized spacial score (nSPS) is 17.0. The molecule has 2 N–H and O–H groups in total. The maximum absolute atomic E-state index is 12.1. The van der Waals surface area contributed by atoms with E-state index in [1.54, 1.807) is 19.9 Å². The summed E-state index contributed by atoms with van der Waals surface area (Å²) in [5.74, 6) is -0.465. The molecular formula is C15H23N3O5. The maximum Gasteiger partial charge on any atom is 0.330 e. The van der Waals surface area contributed by atoms with Crippen LogP contribution in [0.15, 0.2) is 10.6 Å². The molecule has 23 heavy (non-hydrogen) atoms. The van der Waals surface area contributed by atoms with Crippen LogP contribution in [-0.2, 0) is 16.1 Å². The summed E-state index contributed by atoms with van der Waals surface area (Å²) < 4.78 is 9.83. The highest BCUT2D eigenvalue weighted by molar-refractivity contribution is 5.96. The lowest BCUT2D eigenvalue weighted by Gasteiger charge is -2.28. The van der Waals surface area contributed by atoms with Gasteiger partial charge in [-0.25, -0.2) is 4.79 Å². The van der Waals surface area contributed by atoms with Crippen LogP contribution in [0.25, 0.3) is 0 Å². The first-order chi connectivity index (χ1) is 10.8. The van der Waals surface area contributed by atoms with Gasteiger partial charge in [-0.3, -0.25) is 9.69 Å². The molecule has 0 unspecified atom stereocenters. The predicted molar refractivity (Wildman–Crippen MR) is 80.6 cm³/mol. The maximum atomic E-state index is 12.1. The van der Waals surface area contributed by atoms with E-state index in [0.717, 1.165) is 25.9 Å². The third kappa shape index (κ3) is 4.52. The second kappa shape index (κ2) is 7.10. The summed E-state index contributed by atoms with van der Waals surface area (Å²) in [5.41, 5.74) is -1.03. The minimum Gasteiger partial charge on any atom is -0.467 e. The molecule has 0 spiro atoms. The lowest BCUT2D eigenvalue weighted by atomic mass is 10.1. The minimum atomic E-state index is -1.14. The number of nitrogens with zero attached hydrogens (tertiary/aromatic N) is 2. The second-order valence-corrected chi connectivity index (χ2v) is 6.26. The molecule has 1 aromatic rings. The van der Waals surface area contributed by atoms with E-state index in [4.69, 9.17) is 4.52 Å². The summed E-state index contributed by atoms with van der Waals surface area (Å²) in [7, 11) is 1.26. The van der Waals surface area contributed by atoms with Crippen molar-refractivity contribution in [2.24, 2.45) is 0 Å². The Morgan fingerprint density at radius 2 is 2.13 bits per heavy atom. The standard InChI is InChI=1S/C15H23N3O5/c1-15(2,14(21)22-3)16-13(20)12-8-11(23-17-12)9-18-6-4-10(19)5-7-18/h8,10,19H,4-7,9H2,1-3H3,(H,16,20). The number of ether oxygens (including phenoxy) is 1. The van der Waals surface area contributed by atoms with Crippen LogP contribution in [-0.4, -0.2) is 58.9 Å². The molecule has 1 aliphatic heterocycles. The number of aromatic nitrogens is 1. The van der Waals surface area contributed by atoms with Gasteiger partial charge >= 0.3 is 5.97 Å². The summed E-state index contributed by atoms with van der Waals surface area (Å²) in [6.07, 6.45) is 1.23. The molecule has 128 valence electrons. The fourth-order valence-corrected chi connectivity index (χ4v) is 2.45. The third-order valence-corrected chi connectivity index (χ3v) is 3.85. The number of amides is 1. The van der Waals surface area contributed by atoms with E-state index in [9.17, 15) is 14.7 Å². The Balaban J connectivity index is 1.93. The summed E-state index contributed by atoms with van der Waals surface area (Å²) in [4.78, 5) is 25.9. The number of esters is 1. The Labute approximate surface area is 134 Å². The van der Waals surface area contributed by atoms with Crippen molar-refractivity contribution in [3.8, 4) is 0 Å². The van der Waals surface area contributed by atoms with Gasteiger partial charge in [0.15, 0.2) is 11.5 Å². The number of likely N-dealkylation sites (tertiary alicyclic amines) is 1. The second-order valence-electron chi connectivity index (χ2n) is 6.26. The van der Waals surface area contributed by atoms with Gasteiger partial charge in [0.1, 0.15) is 5.54 Å². The molecule has 0 aliphatic carbocycles. The van der Waals surface area contributed by atoms with Gasteiger partial charge in [0, 0.05) is 19.2 Å². The van der Waals surface area contributed by atoms with E-state index in [1.165, 1.54) is 7.11 Å². The van der Waals surface area contributed by atoms with Crippen LogP contribution in [0.3, 0.4) is 0 Å². The molecule has 0 bridgehead atoms. The van der Waals surface area contributed by atoms with Gasteiger partial charge in [-0.1, -0.05) is 5.16 Å². The van der Waals surface area contributed by atoms with Crippen molar-refractivity contribution in [2.45, 2.75) is 44.9 Å². The number of carbonyl (C=O) groups is 2. The quantitative estimate of drug-likeness (QED) is 0.751. The topological polar surface area (TPSA) is 105 Å². The SMILES string of the molecule is COC(=O)C(C)(C)NC(=O)c1cc(CN2CCC(O)CC2)on1. The Bertz CT molecular complexity index is 561. The number of piperidine rings is 1. The average molecular weight is 325 g/mol. The number of methoxy groups -OCH3 is 1. The summed E-state index contributed by atoms with van der Waals surface area (Å²) in [6.45, 7) is 5.19. The Morgan fingerprint density at radius 3 is 2.74 bits per heavy atom. The first kappa shape index (κ1) is 17.4. The van der Waals surface area contributed by atoms with Crippen molar-refractivity contribution < 1.29 is 24.0 Å². The summed E-state index contributed by atoms with van der Waals surface area (Å²) in [5, 5.41) is 15.8. The highest BCUT2D eigenvalue weighted by Crippen LogP contribution is 2.15. The van der Waals surface area contributed by atoms with E-state index in [2.05, 4.69) is 20.1 Å². The van der Waals surface area contributed by atoms with E-state index < -0.39 is 17.4 Å². The highest BCUT2D eigenvalue weighted by Gasteiger charge is 2.32. The van der Waals surface area contributed by atoms with Crippen LogP contribution in [0, 0.1) is 0 Å². The van der Waals surface area contributed by atoms with Gasteiger partial charge in [0.05, 0.1) is 19.8 Å². The van der Waals surface area contributed by atoms with E-state index in [1.807, 2.05) is 0 Å². The number of aliphatic hydroxyl groups excluding tert-OH is 1. The zero-order valence-corrected chi connectivity index (χ0v) is 13.7. The van der Waals surface area contributed by atoms with Gasteiger partial charge in [0.25, 0.3) is 5.91 Å². The molecule has 0 aromatic carbocycles. The largest absolute Gasteiger partial charge is 0.467 e. The first-order valence-electron chi connectivity index (χ1n) is 7.59. The first-order valence-corrected chi connectivity index (χ1v) is 7.59. The molecule has 1 amide bonds. The molecule has 0 saturated carbocycles. The summed E-state index contributed by atoms with van der Waals surface area (Å²) in [6, 6.07) is 1.56. The van der Waals surface area contributed by atoms with Crippen LogP contribution in [0.2, 0.25) is 0 Å². The van der Waals surface area contributed by atoms with Gasteiger partial charge in [-0.05, 0) is 26.7 Å². The molecule has 1 aromatic heterocycles. The molecule has 0 radical (unpaired) electrons. The van der Waals surface area contributed by atoms with Gasteiger partial charge in [-0.15, -0.1) is 0 Å². The molecule has 2 heterocycles. The monoisotopic (exact) mass is 325 g/mol. The third-order valence-electron chi connectivity index (χ3n) is 3.85. The highest BCUT2D eigenvalue weighted by atomic mass is 16.5. The molecular weight excluding hydrogens is 302 g/mol. The smallest absolute Gasteiger partial charge is 0.330 e. The number of hydrogen-bond donors (Lipinski definition) is 2. The number of carbonyl (C=O) groups excluding carboxylic acids is 2.